The molecular weight excluding hydrogens is 246 g/mol. The number of hydrogen-bond donors (Lipinski definition) is 1. The van der Waals surface area contributed by atoms with Crippen molar-refractivity contribution >= 4 is 0 Å². The molecule has 3 nitrogen and oxygen atoms in total. The van der Waals surface area contributed by atoms with Gasteiger partial charge in [0.05, 0.1) is 6.07 Å². The van der Waals surface area contributed by atoms with E-state index >= 15 is 0 Å². The van der Waals surface area contributed by atoms with Crippen molar-refractivity contribution in [2.45, 2.75) is 82.3 Å². The van der Waals surface area contributed by atoms with Crippen LogP contribution in [0.15, 0.2) is 0 Å². The van der Waals surface area contributed by atoms with Crippen molar-refractivity contribution in [1.29, 1.82) is 5.26 Å². The van der Waals surface area contributed by atoms with Gasteiger partial charge in [0.2, 0.25) is 0 Å². The van der Waals surface area contributed by atoms with Crippen LogP contribution in [-0.2, 0) is 0 Å². The van der Waals surface area contributed by atoms with Gasteiger partial charge in [0, 0.05) is 18.6 Å². The largest absolute Gasteiger partial charge is 0.300 e. The first-order valence-electron chi connectivity index (χ1n) is 8.63. The Bertz CT molecular complexity index is 369. The van der Waals surface area contributed by atoms with Crippen molar-refractivity contribution in [2.24, 2.45) is 5.92 Å². The van der Waals surface area contributed by atoms with E-state index in [9.17, 15) is 5.26 Å². The van der Waals surface area contributed by atoms with Gasteiger partial charge in [-0.15, -0.1) is 0 Å². The minimum Gasteiger partial charge on any atom is -0.300 e. The summed E-state index contributed by atoms with van der Waals surface area (Å²) in [5.74, 6) is 0.947. The van der Waals surface area contributed by atoms with E-state index in [-0.39, 0.29) is 5.54 Å². The number of nitrogens with one attached hydrogen (secondary N) is 1. The van der Waals surface area contributed by atoms with Crippen molar-refractivity contribution in [1.82, 2.24) is 10.2 Å². The van der Waals surface area contributed by atoms with Gasteiger partial charge in [-0.2, -0.15) is 5.26 Å². The molecule has 112 valence electrons. The van der Waals surface area contributed by atoms with E-state index in [0.717, 1.165) is 24.9 Å². The Hall–Kier alpha value is -0.590. The molecule has 0 aromatic carbocycles. The molecule has 1 aliphatic heterocycles. The summed E-state index contributed by atoms with van der Waals surface area (Å²) >= 11 is 0. The minimum atomic E-state index is -0.317. The third-order valence-electron chi connectivity index (χ3n) is 5.60. The minimum absolute atomic E-state index is 0.317. The Morgan fingerprint density at radius 1 is 1.15 bits per heavy atom. The quantitative estimate of drug-likeness (QED) is 0.838. The van der Waals surface area contributed by atoms with E-state index in [1.54, 1.807) is 0 Å². The number of rotatable bonds is 5. The van der Waals surface area contributed by atoms with E-state index in [2.05, 4.69) is 23.2 Å². The molecule has 0 bridgehead atoms. The second-order valence-electron chi connectivity index (χ2n) is 7.40. The van der Waals surface area contributed by atoms with Crippen molar-refractivity contribution in [3.05, 3.63) is 0 Å². The number of likely N-dealkylation sites (tertiary alicyclic amines) is 1. The van der Waals surface area contributed by atoms with E-state index in [4.69, 9.17) is 0 Å². The Labute approximate surface area is 123 Å². The molecule has 1 N–H and O–H groups in total. The van der Waals surface area contributed by atoms with Crippen LogP contribution in [0, 0.1) is 17.2 Å². The topological polar surface area (TPSA) is 39.1 Å². The summed E-state index contributed by atoms with van der Waals surface area (Å²) in [5, 5.41) is 13.0. The van der Waals surface area contributed by atoms with Gasteiger partial charge >= 0.3 is 0 Å². The lowest BCUT2D eigenvalue weighted by atomic mass is 9.78. The number of fused-ring (bicyclic) bond motifs is 1. The highest BCUT2D eigenvalue weighted by Gasteiger charge is 2.36. The number of nitrogens with zero attached hydrogens (tertiary/aromatic N) is 2. The normalized spacial score (nSPS) is 34.0. The molecular formula is C17H29N3. The van der Waals surface area contributed by atoms with Gasteiger partial charge in [-0.05, 0) is 64.3 Å². The van der Waals surface area contributed by atoms with Gasteiger partial charge < -0.3 is 4.90 Å². The Kier molecular flexibility index (Phi) is 4.33. The summed E-state index contributed by atoms with van der Waals surface area (Å²) in [7, 11) is 0. The summed E-state index contributed by atoms with van der Waals surface area (Å²) < 4.78 is 0. The maximum Gasteiger partial charge on any atom is 0.105 e. The zero-order valence-electron chi connectivity index (χ0n) is 12.9. The third-order valence-corrected chi connectivity index (χ3v) is 5.60. The third kappa shape index (κ3) is 3.35. The van der Waals surface area contributed by atoms with Gasteiger partial charge in [-0.1, -0.05) is 12.8 Å². The van der Waals surface area contributed by atoms with E-state index in [0.29, 0.717) is 6.04 Å². The highest BCUT2D eigenvalue weighted by Crippen LogP contribution is 2.35. The molecule has 0 aromatic rings. The lowest BCUT2D eigenvalue weighted by molar-refractivity contribution is 0.0558. The molecule has 2 saturated carbocycles. The highest BCUT2D eigenvalue weighted by molar-refractivity contribution is 5.07. The molecule has 3 aliphatic rings. The lowest BCUT2D eigenvalue weighted by Gasteiger charge is -2.45. The maximum atomic E-state index is 9.49. The molecule has 2 aliphatic carbocycles. The average molecular weight is 275 g/mol. The predicted octanol–water partition coefficient (Wildman–Crippen LogP) is 3.07. The Balaban J connectivity index is 1.54. The summed E-state index contributed by atoms with van der Waals surface area (Å²) in [6.45, 7) is 4.45. The van der Waals surface area contributed by atoms with Gasteiger partial charge in [0.1, 0.15) is 5.54 Å². The molecule has 1 heterocycles. The van der Waals surface area contributed by atoms with Crippen molar-refractivity contribution in [3.63, 3.8) is 0 Å². The predicted molar refractivity (Wildman–Crippen MR) is 81.3 cm³/mol. The zero-order chi connectivity index (χ0) is 14.0. The van der Waals surface area contributed by atoms with Crippen LogP contribution in [0.1, 0.15) is 64.7 Å². The number of nitriles is 1. The SMILES string of the molecule is CC(C#N)(CCN1CCC[C@H]2CCCC[C@H]21)NC1CC1. The summed E-state index contributed by atoms with van der Waals surface area (Å²) in [4.78, 5) is 2.71. The molecule has 3 rings (SSSR count). The average Bonchev–Trinajstić information content (AvgIpc) is 3.29. The monoisotopic (exact) mass is 275 g/mol. The van der Waals surface area contributed by atoms with Crippen molar-refractivity contribution in [3.8, 4) is 6.07 Å². The zero-order valence-corrected chi connectivity index (χ0v) is 12.9. The van der Waals surface area contributed by atoms with Crippen molar-refractivity contribution in [2.75, 3.05) is 13.1 Å². The molecule has 1 unspecified atom stereocenters. The maximum absolute atomic E-state index is 9.49. The molecule has 20 heavy (non-hydrogen) atoms. The van der Waals surface area contributed by atoms with Gasteiger partial charge in [0.15, 0.2) is 0 Å². The molecule has 1 saturated heterocycles. The first-order chi connectivity index (χ1) is 9.70. The standard InChI is InChI=1S/C17H29N3/c1-17(13-18,19-15-8-9-15)10-12-20-11-4-6-14-5-2-3-7-16(14)20/h14-16,19H,2-12H2,1H3/t14-,16-,17?/m1/s1. The van der Waals surface area contributed by atoms with E-state index in [1.165, 1.54) is 57.9 Å². The Morgan fingerprint density at radius 3 is 2.65 bits per heavy atom. The van der Waals surface area contributed by atoms with Crippen molar-refractivity contribution < 1.29 is 0 Å². The second kappa shape index (κ2) is 6.03. The molecule has 3 fully saturated rings. The molecule has 0 aromatic heterocycles. The van der Waals surface area contributed by atoms with Crippen LogP contribution >= 0.6 is 0 Å². The first-order valence-corrected chi connectivity index (χ1v) is 8.63. The fraction of sp³-hybridized carbons (Fsp3) is 0.941. The van der Waals surface area contributed by atoms with Gasteiger partial charge in [-0.25, -0.2) is 0 Å². The van der Waals surface area contributed by atoms with Crippen LogP contribution in [0.3, 0.4) is 0 Å². The Morgan fingerprint density at radius 2 is 1.90 bits per heavy atom. The number of hydrogen-bond acceptors (Lipinski definition) is 3. The van der Waals surface area contributed by atoms with E-state index < -0.39 is 0 Å². The van der Waals surface area contributed by atoms with Gasteiger partial charge in [0.25, 0.3) is 0 Å². The first kappa shape index (κ1) is 14.4. The summed E-state index contributed by atoms with van der Waals surface area (Å²) in [6.07, 6.45) is 12.0. The molecule has 0 radical (unpaired) electrons. The van der Waals surface area contributed by atoms with Crippen LogP contribution in [0.2, 0.25) is 0 Å². The molecule has 3 heteroatoms. The van der Waals surface area contributed by atoms with Crippen LogP contribution in [0.25, 0.3) is 0 Å². The molecule has 3 atom stereocenters. The second-order valence-corrected chi connectivity index (χ2v) is 7.40. The fourth-order valence-corrected chi connectivity index (χ4v) is 4.21. The lowest BCUT2D eigenvalue weighted by Crippen LogP contribution is -2.50. The summed E-state index contributed by atoms with van der Waals surface area (Å²) in [6, 6.07) is 3.96. The van der Waals surface area contributed by atoms with Crippen LogP contribution in [0.4, 0.5) is 0 Å². The summed E-state index contributed by atoms with van der Waals surface area (Å²) in [5.41, 5.74) is -0.317. The fourth-order valence-electron chi connectivity index (χ4n) is 4.21. The van der Waals surface area contributed by atoms with Crippen LogP contribution < -0.4 is 5.32 Å². The van der Waals surface area contributed by atoms with Gasteiger partial charge in [-0.3, -0.25) is 5.32 Å². The van der Waals surface area contributed by atoms with E-state index in [1.807, 2.05) is 0 Å². The highest BCUT2D eigenvalue weighted by atomic mass is 15.2. The van der Waals surface area contributed by atoms with Crippen LogP contribution in [-0.4, -0.2) is 35.6 Å². The number of piperidine rings is 1. The molecule has 0 amide bonds. The smallest absolute Gasteiger partial charge is 0.105 e. The van der Waals surface area contributed by atoms with Crippen LogP contribution in [0.5, 0.6) is 0 Å². The molecule has 0 spiro atoms.